The number of methoxy groups -OCH3 is 2. The lowest BCUT2D eigenvalue weighted by Gasteiger charge is -2.05. The minimum absolute atomic E-state index is 0.150. The fraction of sp³-hybridized carbons (Fsp3) is 0.250. The number of fused-ring (bicyclic) bond motifs is 1. The quantitative estimate of drug-likeness (QED) is 0.372. The predicted molar refractivity (Wildman–Crippen MR) is 67.7 cm³/mol. The van der Waals surface area contributed by atoms with Crippen molar-refractivity contribution in [2.24, 2.45) is 5.10 Å². The smallest absolute Gasteiger partial charge is 0.366 e. The van der Waals surface area contributed by atoms with Gasteiger partial charge in [0.1, 0.15) is 0 Å². The van der Waals surface area contributed by atoms with Crippen molar-refractivity contribution in [3.8, 4) is 11.5 Å². The Balaban J connectivity index is 2.17. The number of carbonyl (C=O) groups excluding carboxylic acids is 2. The molecule has 0 amide bonds. The van der Waals surface area contributed by atoms with Gasteiger partial charge in [-0.3, -0.25) is 5.43 Å². The first-order chi connectivity index (χ1) is 9.65. The van der Waals surface area contributed by atoms with Crippen LogP contribution in [0.15, 0.2) is 23.3 Å². The van der Waals surface area contributed by atoms with E-state index in [0.717, 1.165) is 14.2 Å². The van der Waals surface area contributed by atoms with Gasteiger partial charge in [0.25, 0.3) is 5.71 Å². The molecule has 20 heavy (non-hydrogen) atoms. The van der Waals surface area contributed by atoms with Gasteiger partial charge in [-0.05, 0) is 12.1 Å². The van der Waals surface area contributed by atoms with Gasteiger partial charge < -0.3 is 18.9 Å². The summed E-state index contributed by atoms with van der Waals surface area (Å²) in [6.07, 6.45) is 0. The van der Waals surface area contributed by atoms with E-state index in [1.165, 1.54) is 0 Å². The summed E-state index contributed by atoms with van der Waals surface area (Å²) in [5.41, 5.74) is 2.58. The van der Waals surface area contributed by atoms with Gasteiger partial charge in [0.15, 0.2) is 11.5 Å². The third-order valence-electron chi connectivity index (χ3n) is 2.43. The zero-order chi connectivity index (χ0) is 14.5. The van der Waals surface area contributed by atoms with Gasteiger partial charge in [-0.2, -0.15) is 5.10 Å². The standard InChI is InChI=1S/C12H12N2O6/c1-17-11(15)10(12(16)18-2)14-13-7-3-4-8-9(5-7)20-6-19-8/h3-5,13H,6H2,1-2H3. The van der Waals surface area contributed by atoms with Crippen LogP contribution in [-0.2, 0) is 19.1 Å². The number of nitrogens with one attached hydrogen (secondary N) is 1. The lowest BCUT2D eigenvalue weighted by Crippen LogP contribution is -2.27. The Morgan fingerprint density at radius 2 is 1.80 bits per heavy atom. The maximum atomic E-state index is 11.4. The first-order valence-electron chi connectivity index (χ1n) is 5.55. The third kappa shape index (κ3) is 2.79. The molecule has 2 rings (SSSR count). The Morgan fingerprint density at radius 3 is 2.45 bits per heavy atom. The second-order valence-corrected chi connectivity index (χ2v) is 3.62. The molecule has 106 valence electrons. The summed E-state index contributed by atoms with van der Waals surface area (Å²) >= 11 is 0. The van der Waals surface area contributed by atoms with Crippen LogP contribution in [0.5, 0.6) is 11.5 Å². The Hall–Kier alpha value is -2.77. The number of hydrazone groups is 1. The van der Waals surface area contributed by atoms with Crippen LogP contribution in [-0.4, -0.2) is 38.7 Å². The van der Waals surface area contributed by atoms with E-state index in [9.17, 15) is 9.59 Å². The highest BCUT2D eigenvalue weighted by Gasteiger charge is 2.22. The van der Waals surface area contributed by atoms with Crippen LogP contribution in [0.25, 0.3) is 0 Å². The second-order valence-electron chi connectivity index (χ2n) is 3.62. The number of nitrogens with zero attached hydrogens (tertiary/aromatic N) is 1. The molecule has 0 aliphatic carbocycles. The van der Waals surface area contributed by atoms with E-state index < -0.39 is 17.7 Å². The van der Waals surface area contributed by atoms with Crippen LogP contribution in [0.4, 0.5) is 5.69 Å². The minimum atomic E-state index is -0.898. The molecule has 0 saturated carbocycles. The molecule has 0 saturated heterocycles. The average Bonchev–Trinajstić information content (AvgIpc) is 2.94. The summed E-state index contributed by atoms with van der Waals surface area (Å²) in [6.45, 7) is 0.150. The van der Waals surface area contributed by atoms with Gasteiger partial charge in [0.05, 0.1) is 19.9 Å². The number of ether oxygens (including phenoxy) is 4. The van der Waals surface area contributed by atoms with Crippen LogP contribution >= 0.6 is 0 Å². The normalized spacial score (nSPS) is 11.5. The molecule has 0 fully saturated rings. The number of hydrogen-bond donors (Lipinski definition) is 1. The van der Waals surface area contributed by atoms with Crippen LogP contribution in [0.1, 0.15) is 0 Å². The highest BCUT2D eigenvalue weighted by molar-refractivity contribution is 6.62. The maximum Gasteiger partial charge on any atom is 0.366 e. The Labute approximate surface area is 114 Å². The molecule has 8 nitrogen and oxygen atoms in total. The maximum absolute atomic E-state index is 11.4. The van der Waals surface area contributed by atoms with Crippen molar-refractivity contribution in [2.45, 2.75) is 0 Å². The Kier molecular flexibility index (Phi) is 4.04. The molecule has 0 bridgehead atoms. The summed E-state index contributed by atoms with van der Waals surface area (Å²) in [5.74, 6) is -0.640. The average molecular weight is 280 g/mol. The summed E-state index contributed by atoms with van der Waals surface area (Å²) in [7, 11) is 2.28. The minimum Gasteiger partial charge on any atom is -0.464 e. The van der Waals surface area contributed by atoms with Gasteiger partial charge in [-0.15, -0.1) is 0 Å². The number of esters is 2. The number of anilines is 1. The zero-order valence-corrected chi connectivity index (χ0v) is 10.8. The predicted octanol–water partition coefficient (Wildman–Crippen LogP) is 0.529. The van der Waals surface area contributed by atoms with Gasteiger partial charge in [-0.1, -0.05) is 0 Å². The fourth-order valence-electron chi connectivity index (χ4n) is 1.45. The van der Waals surface area contributed by atoms with E-state index in [1.54, 1.807) is 18.2 Å². The van der Waals surface area contributed by atoms with E-state index in [4.69, 9.17) is 9.47 Å². The zero-order valence-electron chi connectivity index (χ0n) is 10.8. The number of carbonyl (C=O) groups is 2. The summed E-state index contributed by atoms with van der Waals surface area (Å²) in [5, 5.41) is 3.68. The lowest BCUT2D eigenvalue weighted by atomic mass is 10.3. The molecule has 1 aromatic rings. The van der Waals surface area contributed by atoms with E-state index in [-0.39, 0.29) is 6.79 Å². The van der Waals surface area contributed by atoms with E-state index in [0.29, 0.717) is 17.2 Å². The molecule has 1 heterocycles. The monoisotopic (exact) mass is 280 g/mol. The number of benzene rings is 1. The summed E-state index contributed by atoms with van der Waals surface area (Å²) < 4.78 is 19.2. The van der Waals surface area contributed by atoms with E-state index in [2.05, 4.69) is 20.0 Å². The van der Waals surface area contributed by atoms with Crippen molar-refractivity contribution in [1.82, 2.24) is 0 Å². The lowest BCUT2D eigenvalue weighted by molar-refractivity contribution is -0.138. The van der Waals surface area contributed by atoms with Crippen LogP contribution < -0.4 is 14.9 Å². The van der Waals surface area contributed by atoms with Crippen molar-refractivity contribution >= 4 is 23.3 Å². The van der Waals surface area contributed by atoms with Crippen LogP contribution in [0.2, 0.25) is 0 Å². The summed E-state index contributed by atoms with van der Waals surface area (Å²) in [4.78, 5) is 22.8. The highest BCUT2D eigenvalue weighted by atomic mass is 16.7. The number of hydrogen-bond acceptors (Lipinski definition) is 8. The van der Waals surface area contributed by atoms with E-state index in [1.807, 2.05) is 0 Å². The summed E-state index contributed by atoms with van der Waals surface area (Å²) in [6, 6.07) is 4.96. The molecule has 1 aromatic carbocycles. The largest absolute Gasteiger partial charge is 0.464 e. The van der Waals surface area contributed by atoms with Crippen LogP contribution in [0, 0.1) is 0 Å². The Morgan fingerprint density at radius 1 is 1.15 bits per heavy atom. The number of rotatable bonds is 4. The molecule has 1 N–H and O–H groups in total. The molecule has 0 atom stereocenters. The molecule has 1 aliphatic heterocycles. The first-order valence-corrected chi connectivity index (χ1v) is 5.55. The van der Waals surface area contributed by atoms with Crippen molar-refractivity contribution in [3.63, 3.8) is 0 Å². The fourth-order valence-corrected chi connectivity index (χ4v) is 1.45. The van der Waals surface area contributed by atoms with Crippen molar-refractivity contribution in [3.05, 3.63) is 18.2 Å². The molecular formula is C12H12N2O6. The topological polar surface area (TPSA) is 95.5 Å². The highest BCUT2D eigenvalue weighted by Crippen LogP contribution is 2.34. The molecule has 0 unspecified atom stereocenters. The van der Waals surface area contributed by atoms with Gasteiger partial charge in [0.2, 0.25) is 6.79 Å². The van der Waals surface area contributed by atoms with Crippen molar-refractivity contribution in [1.29, 1.82) is 0 Å². The van der Waals surface area contributed by atoms with Gasteiger partial charge in [0, 0.05) is 6.07 Å². The van der Waals surface area contributed by atoms with Crippen LogP contribution in [0.3, 0.4) is 0 Å². The Bertz CT molecular complexity index is 551. The molecule has 1 aliphatic rings. The molecular weight excluding hydrogens is 268 g/mol. The second kappa shape index (κ2) is 5.91. The molecule has 0 radical (unpaired) electrons. The third-order valence-corrected chi connectivity index (χ3v) is 2.43. The molecule has 0 spiro atoms. The van der Waals surface area contributed by atoms with Crippen molar-refractivity contribution < 1.29 is 28.5 Å². The molecule has 0 aromatic heterocycles. The SMILES string of the molecule is COC(=O)C(=NNc1ccc2c(c1)OCO2)C(=O)OC. The molecule has 8 heteroatoms. The van der Waals surface area contributed by atoms with Gasteiger partial charge in [-0.25, -0.2) is 9.59 Å². The first kappa shape index (κ1) is 13.7. The van der Waals surface area contributed by atoms with Gasteiger partial charge >= 0.3 is 11.9 Å². The van der Waals surface area contributed by atoms with E-state index >= 15 is 0 Å². The van der Waals surface area contributed by atoms with Crippen molar-refractivity contribution in [2.75, 3.05) is 26.4 Å².